The van der Waals surface area contributed by atoms with E-state index in [9.17, 15) is 10.1 Å². The predicted octanol–water partition coefficient (Wildman–Crippen LogP) is 2.52. The van der Waals surface area contributed by atoms with Crippen LogP contribution in [0.25, 0.3) is 0 Å². The lowest BCUT2D eigenvalue weighted by atomic mass is 9.83. The fourth-order valence-electron chi connectivity index (χ4n) is 2.31. The molecule has 5 heteroatoms. The Morgan fingerprint density at radius 2 is 2.05 bits per heavy atom. The Labute approximate surface area is 117 Å². The van der Waals surface area contributed by atoms with Gasteiger partial charge in [-0.1, -0.05) is 19.3 Å². The molecule has 0 atom stereocenters. The number of hydrogen-bond acceptors (Lipinski definition) is 4. The van der Waals surface area contributed by atoms with Gasteiger partial charge in [0.05, 0.1) is 11.8 Å². The van der Waals surface area contributed by atoms with Crippen molar-refractivity contribution in [3.8, 4) is 6.07 Å². The van der Waals surface area contributed by atoms with Crippen molar-refractivity contribution in [3.05, 3.63) is 24.5 Å². The number of pyridine rings is 1. The summed E-state index contributed by atoms with van der Waals surface area (Å²) in [5.74, 6) is 0.276. The van der Waals surface area contributed by atoms with Crippen LogP contribution in [-0.4, -0.2) is 22.2 Å². The average Bonchev–Trinajstić information content (AvgIpc) is 2.47. The molecule has 2 rings (SSSR count). The van der Waals surface area contributed by atoms with E-state index in [1.165, 1.54) is 11.8 Å². The number of hydrogen-bond donors (Lipinski definition) is 1. The molecule has 1 aliphatic rings. The van der Waals surface area contributed by atoms with Crippen LogP contribution in [0, 0.1) is 11.3 Å². The van der Waals surface area contributed by atoms with Crippen molar-refractivity contribution in [2.24, 2.45) is 0 Å². The molecule has 1 aromatic rings. The van der Waals surface area contributed by atoms with Gasteiger partial charge in [-0.25, -0.2) is 0 Å². The molecular weight excluding hydrogens is 258 g/mol. The van der Waals surface area contributed by atoms with E-state index >= 15 is 0 Å². The van der Waals surface area contributed by atoms with Crippen molar-refractivity contribution in [1.82, 2.24) is 10.3 Å². The van der Waals surface area contributed by atoms with Crippen molar-refractivity contribution in [3.63, 3.8) is 0 Å². The van der Waals surface area contributed by atoms with Crippen molar-refractivity contribution in [2.75, 3.05) is 5.75 Å². The summed E-state index contributed by atoms with van der Waals surface area (Å²) in [5.41, 5.74) is -0.631. The molecule has 0 aliphatic heterocycles. The van der Waals surface area contributed by atoms with E-state index in [1.807, 2.05) is 12.1 Å². The number of carbonyl (C=O) groups excluding carboxylic acids is 1. The van der Waals surface area contributed by atoms with Crippen LogP contribution in [0.4, 0.5) is 0 Å². The number of thioether (sulfide) groups is 1. The van der Waals surface area contributed by atoms with E-state index < -0.39 is 5.54 Å². The summed E-state index contributed by atoms with van der Waals surface area (Å²) in [4.78, 5) is 16.9. The molecule has 1 fully saturated rings. The topological polar surface area (TPSA) is 65.8 Å². The summed E-state index contributed by atoms with van der Waals surface area (Å²) < 4.78 is 0. The third kappa shape index (κ3) is 3.97. The van der Waals surface area contributed by atoms with E-state index in [1.54, 1.807) is 12.4 Å². The Balaban J connectivity index is 1.85. The number of rotatable bonds is 4. The Bertz CT molecular complexity index is 463. The van der Waals surface area contributed by atoms with Crippen LogP contribution in [0.5, 0.6) is 0 Å². The maximum Gasteiger partial charge on any atom is 0.231 e. The summed E-state index contributed by atoms with van der Waals surface area (Å²) in [7, 11) is 0. The highest BCUT2D eigenvalue weighted by molar-refractivity contribution is 8.00. The first-order valence-electron chi connectivity index (χ1n) is 6.49. The molecule has 1 amide bonds. The molecule has 1 aromatic heterocycles. The number of nitrogens with one attached hydrogen (secondary N) is 1. The lowest BCUT2D eigenvalue weighted by Gasteiger charge is -2.31. The third-order valence-electron chi connectivity index (χ3n) is 3.32. The first-order chi connectivity index (χ1) is 9.24. The van der Waals surface area contributed by atoms with E-state index in [-0.39, 0.29) is 5.91 Å². The van der Waals surface area contributed by atoms with Gasteiger partial charge < -0.3 is 5.32 Å². The smallest absolute Gasteiger partial charge is 0.231 e. The number of nitrogens with zero attached hydrogens (tertiary/aromatic N) is 2. The van der Waals surface area contributed by atoms with Gasteiger partial charge in [-0.05, 0) is 25.0 Å². The molecule has 1 N–H and O–H groups in total. The summed E-state index contributed by atoms with van der Waals surface area (Å²) in [6.45, 7) is 0. The monoisotopic (exact) mass is 275 g/mol. The number of carbonyl (C=O) groups is 1. The fourth-order valence-corrected chi connectivity index (χ4v) is 2.99. The first kappa shape index (κ1) is 13.9. The Morgan fingerprint density at radius 3 is 2.68 bits per heavy atom. The molecule has 1 heterocycles. The molecule has 1 aliphatic carbocycles. The van der Waals surface area contributed by atoms with Crippen molar-refractivity contribution in [2.45, 2.75) is 42.5 Å². The van der Waals surface area contributed by atoms with Gasteiger partial charge in [-0.3, -0.25) is 9.78 Å². The predicted molar refractivity (Wildman–Crippen MR) is 74.5 cm³/mol. The van der Waals surface area contributed by atoms with E-state index in [2.05, 4.69) is 16.4 Å². The highest BCUT2D eigenvalue weighted by atomic mass is 32.2. The van der Waals surface area contributed by atoms with Crippen molar-refractivity contribution < 1.29 is 4.79 Å². The third-order valence-corrected chi connectivity index (χ3v) is 4.33. The van der Waals surface area contributed by atoms with Crippen LogP contribution < -0.4 is 5.32 Å². The molecule has 100 valence electrons. The minimum absolute atomic E-state index is 0.0646. The second-order valence-electron chi connectivity index (χ2n) is 4.77. The van der Waals surface area contributed by atoms with Gasteiger partial charge in [-0.15, -0.1) is 11.8 Å². The maximum absolute atomic E-state index is 12.0. The Kier molecular flexibility index (Phi) is 4.80. The summed E-state index contributed by atoms with van der Waals surface area (Å²) in [6, 6.07) is 6.04. The minimum Gasteiger partial charge on any atom is -0.337 e. The number of aromatic nitrogens is 1. The molecule has 0 aromatic carbocycles. The SMILES string of the molecule is N#CC1(NC(=O)CSc2ccncc2)CCCCC1. The maximum atomic E-state index is 12.0. The zero-order chi connectivity index (χ0) is 13.6. The molecule has 0 radical (unpaired) electrons. The van der Waals surface area contributed by atoms with Crippen LogP contribution in [-0.2, 0) is 4.79 Å². The first-order valence-corrected chi connectivity index (χ1v) is 7.48. The van der Waals surface area contributed by atoms with Gasteiger partial charge in [0.25, 0.3) is 0 Å². The van der Waals surface area contributed by atoms with Gasteiger partial charge in [0.2, 0.25) is 5.91 Å². The molecule has 0 saturated heterocycles. The summed E-state index contributed by atoms with van der Waals surface area (Å²) >= 11 is 1.46. The van der Waals surface area contributed by atoms with Gasteiger partial charge >= 0.3 is 0 Å². The normalized spacial score (nSPS) is 17.4. The van der Waals surface area contributed by atoms with Crippen molar-refractivity contribution in [1.29, 1.82) is 5.26 Å². The minimum atomic E-state index is -0.631. The molecule has 0 unspecified atom stereocenters. The van der Waals surface area contributed by atoms with Crippen LogP contribution in [0.15, 0.2) is 29.4 Å². The molecule has 0 spiro atoms. The lowest BCUT2D eigenvalue weighted by Crippen LogP contribution is -2.49. The molecule has 1 saturated carbocycles. The summed E-state index contributed by atoms with van der Waals surface area (Å²) in [5, 5.41) is 12.2. The highest BCUT2D eigenvalue weighted by Crippen LogP contribution is 2.27. The van der Waals surface area contributed by atoms with Gasteiger partial charge in [-0.2, -0.15) is 5.26 Å². The van der Waals surface area contributed by atoms with E-state index in [4.69, 9.17) is 0 Å². The molecule has 19 heavy (non-hydrogen) atoms. The number of nitriles is 1. The largest absolute Gasteiger partial charge is 0.337 e. The van der Waals surface area contributed by atoms with Gasteiger partial charge in [0.15, 0.2) is 0 Å². The van der Waals surface area contributed by atoms with E-state index in [0.29, 0.717) is 5.75 Å². The van der Waals surface area contributed by atoms with Crippen LogP contribution in [0.2, 0.25) is 0 Å². The fraction of sp³-hybridized carbons (Fsp3) is 0.500. The van der Waals surface area contributed by atoms with Crippen LogP contribution in [0.3, 0.4) is 0 Å². The zero-order valence-electron chi connectivity index (χ0n) is 10.8. The van der Waals surface area contributed by atoms with Crippen LogP contribution >= 0.6 is 11.8 Å². The molecule has 4 nitrogen and oxygen atoms in total. The summed E-state index contributed by atoms with van der Waals surface area (Å²) in [6.07, 6.45) is 8.16. The molecular formula is C14H17N3OS. The van der Waals surface area contributed by atoms with E-state index in [0.717, 1.165) is 37.0 Å². The molecule has 0 bridgehead atoms. The Morgan fingerprint density at radius 1 is 1.37 bits per heavy atom. The van der Waals surface area contributed by atoms with Crippen molar-refractivity contribution >= 4 is 17.7 Å². The Hall–Kier alpha value is -1.54. The van der Waals surface area contributed by atoms with Gasteiger partial charge in [0, 0.05) is 17.3 Å². The zero-order valence-corrected chi connectivity index (χ0v) is 11.6. The quantitative estimate of drug-likeness (QED) is 0.857. The second-order valence-corrected chi connectivity index (χ2v) is 5.82. The highest BCUT2D eigenvalue weighted by Gasteiger charge is 2.33. The number of amides is 1. The standard InChI is InChI=1S/C14H17N3OS/c15-11-14(6-2-1-3-7-14)17-13(18)10-19-12-4-8-16-9-5-12/h4-5,8-9H,1-3,6-7,10H2,(H,17,18). The average molecular weight is 275 g/mol. The lowest BCUT2D eigenvalue weighted by molar-refractivity contribution is -0.120. The van der Waals surface area contributed by atoms with Crippen LogP contribution in [0.1, 0.15) is 32.1 Å². The van der Waals surface area contributed by atoms with Gasteiger partial charge in [0.1, 0.15) is 5.54 Å². The second kappa shape index (κ2) is 6.58.